The van der Waals surface area contributed by atoms with Crippen LogP contribution in [0.5, 0.6) is 0 Å². The number of nitrogens with one attached hydrogen (secondary N) is 1. The Bertz CT molecular complexity index is 760. The number of nitrogens with two attached hydrogens (primary N) is 1. The lowest BCUT2D eigenvalue weighted by Gasteiger charge is -2.13. The highest BCUT2D eigenvalue weighted by atomic mass is 15.1. The van der Waals surface area contributed by atoms with Gasteiger partial charge in [0.15, 0.2) is 0 Å². The summed E-state index contributed by atoms with van der Waals surface area (Å²) in [7, 11) is 2.02. The Morgan fingerprint density at radius 2 is 2.10 bits per heavy atom. The molecule has 0 saturated carbocycles. The SMILES string of the molecule is Cc1n[nH]c(C)c1-c1cc2c(ccn2C)nc1[C@H](C)N. The van der Waals surface area contributed by atoms with Crippen LogP contribution in [-0.2, 0) is 7.05 Å². The molecule has 3 aromatic heterocycles. The van der Waals surface area contributed by atoms with Crippen molar-refractivity contribution in [2.75, 3.05) is 0 Å². The zero-order valence-electron chi connectivity index (χ0n) is 12.2. The van der Waals surface area contributed by atoms with Crippen LogP contribution < -0.4 is 5.73 Å². The molecule has 1 atom stereocenters. The summed E-state index contributed by atoms with van der Waals surface area (Å²) < 4.78 is 2.07. The van der Waals surface area contributed by atoms with Gasteiger partial charge in [0.2, 0.25) is 0 Å². The van der Waals surface area contributed by atoms with Crippen molar-refractivity contribution >= 4 is 11.0 Å². The minimum absolute atomic E-state index is 0.122. The van der Waals surface area contributed by atoms with Gasteiger partial charge in [-0.1, -0.05) is 0 Å². The van der Waals surface area contributed by atoms with Gasteiger partial charge in [0, 0.05) is 36.1 Å². The highest BCUT2D eigenvalue weighted by Crippen LogP contribution is 2.32. The molecule has 5 nitrogen and oxygen atoms in total. The molecule has 0 unspecified atom stereocenters. The van der Waals surface area contributed by atoms with E-state index in [1.807, 2.05) is 40.1 Å². The van der Waals surface area contributed by atoms with Crippen molar-refractivity contribution in [3.05, 3.63) is 35.4 Å². The molecule has 0 spiro atoms. The van der Waals surface area contributed by atoms with E-state index >= 15 is 0 Å². The van der Waals surface area contributed by atoms with E-state index in [9.17, 15) is 0 Å². The van der Waals surface area contributed by atoms with Gasteiger partial charge in [-0.25, -0.2) is 4.98 Å². The molecule has 20 heavy (non-hydrogen) atoms. The number of fused-ring (bicyclic) bond motifs is 1. The van der Waals surface area contributed by atoms with E-state index in [-0.39, 0.29) is 6.04 Å². The fourth-order valence-corrected chi connectivity index (χ4v) is 2.69. The summed E-state index contributed by atoms with van der Waals surface area (Å²) >= 11 is 0. The van der Waals surface area contributed by atoms with Crippen molar-refractivity contribution in [1.82, 2.24) is 19.7 Å². The second-order valence-electron chi connectivity index (χ2n) is 5.35. The molecule has 0 fully saturated rings. The van der Waals surface area contributed by atoms with Crippen LogP contribution in [0, 0.1) is 13.8 Å². The molecule has 5 heteroatoms. The van der Waals surface area contributed by atoms with Gasteiger partial charge >= 0.3 is 0 Å². The van der Waals surface area contributed by atoms with Crippen molar-refractivity contribution in [2.24, 2.45) is 12.8 Å². The number of rotatable bonds is 2. The van der Waals surface area contributed by atoms with Crippen LogP contribution in [-0.4, -0.2) is 19.7 Å². The van der Waals surface area contributed by atoms with E-state index < -0.39 is 0 Å². The lowest BCUT2D eigenvalue weighted by atomic mass is 9.98. The Hall–Kier alpha value is -2.14. The Morgan fingerprint density at radius 1 is 1.35 bits per heavy atom. The number of hydrogen-bond acceptors (Lipinski definition) is 3. The van der Waals surface area contributed by atoms with Gasteiger partial charge < -0.3 is 10.3 Å². The minimum Gasteiger partial charge on any atom is -0.349 e. The predicted molar refractivity (Wildman–Crippen MR) is 80.4 cm³/mol. The van der Waals surface area contributed by atoms with Gasteiger partial charge in [0.1, 0.15) is 0 Å². The minimum atomic E-state index is -0.122. The number of aromatic amines is 1. The molecule has 0 radical (unpaired) electrons. The van der Waals surface area contributed by atoms with Crippen molar-refractivity contribution in [3.63, 3.8) is 0 Å². The maximum Gasteiger partial charge on any atom is 0.0885 e. The normalized spacial score (nSPS) is 13.1. The molecule has 0 aliphatic heterocycles. The van der Waals surface area contributed by atoms with Crippen LogP contribution >= 0.6 is 0 Å². The predicted octanol–water partition coefficient (Wildman–Crippen LogP) is 2.60. The van der Waals surface area contributed by atoms with Gasteiger partial charge in [-0.05, 0) is 32.9 Å². The molecule has 104 valence electrons. The summed E-state index contributed by atoms with van der Waals surface area (Å²) in [5.41, 5.74) is 13.3. The molecule has 3 N–H and O–H groups in total. The highest BCUT2D eigenvalue weighted by molar-refractivity contribution is 5.84. The van der Waals surface area contributed by atoms with Gasteiger partial charge in [-0.3, -0.25) is 5.10 Å². The number of nitrogens with zero attached hydrogens (tertiary/aromatic N) is 3. The van der Waals surface area contributed by atoms with Crippen LogP contribution in [0.15, 0.2) is 18.3 Å². The van der Waals surface area contributed by atoms with Crippen molar-refractivity contribution in [1.29, 1.82) is 0 Å². The highest BCUT2D eigenvalue weighted by Gasteiger charge is 2.18. The van der Waals surface area contributed by atoms with E-state index in [0.29, 0.717) is 0 Å². The van der Waals surface area contributed by atoms with Crippen LogP contribution in [0.2, 0.25) is 0 Å². The summed E-state index contributed by atoms with van der Waals surface area (Å²) in [5, 5.41) is 7.32. The van der Waals surface area contributed by atoms with E-state index in [1.165, 1.54) is 0 Å². The maximum absolute atomic E-state index is 6.12. The first-order valence-corrected chi connectivity index (χ1v) is 6.72. The summed E-state index contributed by atoms with van der Waals surface area (Å²) in [5.74, 6) is 0. The average Bonchev–Trinajstić information content (AvgIpc) is 2.92. The molecule has 0 bridgehead atoms. The summed E-state index contributed by atoms with van der Waals surface area (Å²) in [6.07, 6.45) is 2.02. The van der Waals surface area contributed by atoms with Gasteiger partial charge in [-0.15, -0.1) is 0 Å². The fourth-order valence-electron chi connectivity index (χ4n) is 2.69. The second kappa shape index (κ2) is 4.45. The third kappa shape index (κ3) is 1.82. The van der Waals surface area contributed by atoms with E-state index in [4.69, 9.17) is 10.7 Å². The molecular weight excluding hydrogens is 250 g/mol. The standard InChI is InChI=1S/C15H19N5/c1-8(16)15-11(14-9(2)18-19-10(14)3)7-13-12(17-15)5-6-20(13)4/h5-8H,16H2,1-4H3,(H,18,19)/t8-/m0/s1. The monoisotopic (exact) mass is 269 g/mol. The zero-order chi connectivity index (χ0) is 14.4. The Labute approximate surface area is 117 Å². The van der Waals surface area contributed by atoms with Crippen LogP contribution in [0.25, 0.3) is 22.2 Å². The van der Waals surface area contributed by atoms with E-state index in [1.54, 1.807) is 0 Å². The number of pyridine rings is 1. The summed E-state index contributed by atoms with van der Waals surface area (Å²) in [6, 6.07) is 4.05. The molecule has 0 aliphatic rings. The topological polar surface area (TPSA) is 72.5 Å². The summed E-state index contributed by atoms with van der Waals surface area (Å²) in [6.45, 7) is 5.99. The van der Waals surface area contributed by atoms with Crippen molar-refractivity contribution in [2.45, 2.75) is 26.8 Å². The Morgan fingerprint density at radius 3 is 2.70 bits per heavy atom. The van der Waals surface area contributed by atoms with Crippen LogP contribution in [0.4, 0.5) is 0 Å². The molecule has 3 aromatic rings. The smallest absolute Gasteiger partial charge is 0.0885 e. The number of hydrogen-bond donors (Lipinski definition) is 2. The first kappa shape index (κ1) is 12.9. The molecule has 0 amide bonds. The van der Waals surface area contributed by atoms with Crippen molar-refractivity contribution in [3.8, 4) is 11.1 Å². The zero-order valence-corrected chi connectivity index (χ0v) is 12.2. The third-order valence-corrected chi connectivity index (χ3v) is 3.73. The first-order chi connectivity index (χ1) is 9.49. The van der Waals surface area contributed by atoms with Crippen molar-refractivity contribution < 1.29 is 0 Å². The van der Waals surface area contributed by atoms with Gasteiger partial charge in [0.05, 0.1) is 22.4 Å². The molecule has 3 heterocycles. The van der Waals surface area contributed by atoms with Gasteiger partial charge in [-0.2, -0.15) is 5.10 Å². The quantitative estimate of drug-likeness (QED) is 0.751. The fraction of sp³-hybridized carbons (Fsp3) is 0.333. The lowest BCUT2D eigenvalue weighted by molar-refractivity contribution is 0.788. The molecular formula is C15H19N5. The van der Waals surface area contributed by atoms with Crippen LogP contribution in [0.3, 0.4) is 0 Å². The number of aromatic nitrogens is 4. The Kier molecular flexibility index (Phi) is 2.87. The third-order valence-electron chi connectivity index (χ3n) is 3.73. The van der Waals surface area contributed by atoms with E-state index in [2.05, 4.69) is 20.8 Å². The van der Waals surface area contributed by atoms with Crippen LogP contribution in [0.1, 0.15) is 30.0 Å². The summed E-state index contributed by atoms with van der Waals surface area (Å²) in [4.78, 5) is 4.75. The molecule has 3 rings (SSSR count). The first-order valence-electron chi connectivity index (χ1n) is 6.72. The number of H-pyrrole nitrogens is 1. The maximum atomic E-state index is 6.12. The average molecular weight is 269 g/mol. The van der Waals surface area contributed by atoms with E-state index in [0.717, 1.165) is 39.2 Å². The number of aryl methyl sites for hydroxylation is 3. The second-order valence-corrected chi connectivity index (χ2v) is 5.35. The molecule has 0 saturated heterocycles. The Balaban J connectivity index is 2.37. The molecule has 0 aliphatic carbocycles. The lowest BCUT2D eigenvalue weighted by Crippen LogP contribution is -2.10. The largest absolute Gasteiger partial charge is 0.349 e. The van der Waals surface area contributed by atoms with Gasteiger partial charge in [0.25, 0.3) is 0 Å². The molecule has 0 aromatic carbocycles.